The summed E-state index contributed by atoms with van der Waals surface area (Å²) in [4.78, 5) is 4.46. The summed E-state index contributed by atoms with van der Waals surface area (Å²) >= 11 is 0. The molecule has 1 fully saturated rings. The second kappa shape index (κ2) is 2.22. The van der Waals surface area contributed by atoms with Crippen molar-refractivity contribution in [2.45, 2.75) is 25.8 Å². The van der Waals surface area contributed by atoms with Gasteiger partial charge in [0.1, 0.15) is 0 Å². The third kappa shape index (κ3) is 0.808. The highest BCUT2D eigenvalue weighted by Gasteiger charge is 2.31. The van der Waals surface area contributed by atoms with Crippen molar-refractivity contribution < 1.29 is 0 Å². The smallest absolute Gasteiger partial charge is 0.0587 e. The molecule has 10 heavy (non-hydrogen) atoms. The van der Waals surface area contributed by atoms with Crippen LogP contribution in [0.3, 0.4) is 0 Å². The summed E-state index contributed by atoms with van der Waals surface area (Å²) in [6.07, 6.45) is 9.04. The molecule has 0 radical (unpaired) electrons. The molecule has 1 heteroatoms. The quantitative estimate of drug-likeness (QED) is 0.482. The van der Waals surface area contributed by atoms with Gasteiger partial charge in [-0.3, -0.25) is 4.99 Å². The number of nitrogens with zero attached hydrogens (tertiary/aromatic N) is 1. The first-order valence-corrected chi connectivity index (χ1v) is 4.08. The van der Waals surface area contributed by atoms with Gasteiger partial charge in [0.25, 0.3) is 0 Å². The summed E-state index contributed by atoms with van der Waals surface area (Å²) in [5, 5.41) is 0. The minimum absolute atomic E-state index is 0.616. The van der Waals surface area contributed by atoms with Crippen molar-refractivity contribution in [1.29, 1.82) is 0 Å². The van der Waals surface area contributed by atoms with Gasteiger partial charge in [0, 0.05) is 6.21 Å². The second-order valence-electron chi connectivity index (χ2n) is 3.39. The van der Waals surface area contributed by atoms with Crippen LogP contribution in [0.4, 0.5) is 0 Å². The van der Waals surface area contributed by atoms with Gasteiger partial charge in [-0.15, -0.1) is 0 Å². The SMILES string of the molecule is CC1CCC2C=CC=NC12. The highest BCUT2D eigenvalue weighted by Crippen LogP contribution is 2.35. The van der Waals surface area contributed by atoms with E-state index in [0.29, 0.717) is 6.04 Å². The van der Waals surface area contributed by atoms with E-state index in [1.165, 1.54) is 12.8 Å². The van der Waals surface area contributed by atoms with Gasteiger partial charge in [-0.25, -0.2) is 0 Å². The third-order valence-corrected chi connectivity index (χ3v) is 2.68. The number of allylic oxidation sites excluding steroid dienone is 1. The Morgan fingerprint density at radius 1 is 1.40 bits per heavy atom. The summed E-state index contributed by atoms with van der Waals surface area (Å²) in [6.45, 7) is 2.31. The maximum atomic E-state index is 4.46. The van der Waals surface area contributed by atoms with E-state index in [0.717, 1.165) is 11.8 Å². The maximum Gasteiger partial charge on any atom is 0.0587 e. The molecule has 1 aliphatic carbocycles. The first kappa shape index (κ1) is 6.14. The Kier molecular flexibility index (Phi) is 1.37. The minimum Gasteiger partial charge on any atom is -0.289 e. The fourth-order valence-electron chi connectivity index (χ4n) is 2.03. The van der Waals surface area contributed by atoms with E-state index in [1.807, 2.05) is 6.21 Å². The molecule has 3 unspecified atom stereocenters. The Bertz CT molecular complexity index is 181. The number of rotatable bonds is 0. The van der Waals surface area contributed by atoms with E-state index in [9.17, 15) is 0 Å². The van der Waals surface area contributed by atoms with Crippen LogP contribution in [0, 0.1) is 11.8 Å². The van der Waals surface area contributed by atoms with Crippen LogP contribution in [0.2, 0.25) is 0 Å². The van der Waals surface area contributed by atoms with Gasteiger partial charge in [0.15, 0.2) is 0 Å². The Morgan fingerprint density at radius 2 is 2.30 bits per heavy atom. The van der Waals surface area contributed by atoms with E-state index < -0.39 is 0 Å². The largest absolute Gasteiger partial charge is 0.289 e. The van der Waals surface area contributed by atoms with Crippen LogP contribution in [0.25, 0.3) is 0 Å². The van der Waals surface area contributed by atoms with Crippen LogP contribution in [0.15, 0.2) is 17.1 Å². The second-order valence-corrected chi connectivity index (χ2v) is 3.39. The van der Waals surface area contributed by atoms with Crippen molar-refractivity contribution in [3.8, 4) is 0 Å². The maximum absolute atomic E-state index is 4.46. The molecular formula is C9H13N. The molecule has 0 saturated heterocycles. The molecule has 0 N–H and O–H groups in total. The first-order chi connectivity index (χ1) is 4.88. The highest BCUT2D eigenvalue weighted by atomic mass is 14.8. The molecule has 1 aliphatic heterocycles. The summed E-state index contributed by atoms with van der Waals surface area (Å²) in [5.41, 5.74) is 0. The first-order valence-electron chi connectivity index (χ1n) is 4.08. The van der Waals surface area contributed by atoms with Crippen molar-refractivity contribution in [2.24, 2.45) is 16.8 Å². The van der Waals surface area contributed by atoms with Crippen LogP contribution >= 0.6 is 0 Å². The zero-order valence-corrected chi connectivity index (χ0v) is 6.33. The Hall–Kier alpha value is -0.590. The van der Waals surface area contributed by atoms with E-state index >= 15 is 0 Å². The van der Waals surface area contributed by atoms with Crippen LogP contribution in [-0.2, 0) is 0 Å². The van der Waals surface area contributed by atoms with E-state index in [2.05, 4.69) is 24.1 Å². The zero-order valence-electron chi connectivity index (χ0n) is 6.33. The third-order valence-electron chi connectivity index (χ3n) is 2.68. The topological polar surface area (TPSA) is 12.4 Å². The van der Waals surface area contributed by atoms with Crippen LogP contribution < -0.4 is 0 Å². The molecule has 0 bridgehead atoms. The molecule has 1 heterocycles. The lowest BCUT2D eigenvalue weighted by atomic mass is 9.98. The molecule has 0 aromatic rings. The normalized spacial score (nSPS) is 43.9. The zero-order chi connectivity index (χ0) is 6.97. The molecule has 2 aliphatic rings. The molecule has 54 valence electrons. The molecule has 2 rings (SSSR count). The van der Waals surface area contributed by atoms with E-state index in [4.69, 9.17) is 0 Å². The summed E-state index contributed by atoms with van der Waals surface area (Å²) in [7, 11) is 0. The van der Waals surface area contributed by atoms with Crippen LogP contribution in [0.5, 0.6) is 0 Å². The molecule has 3 atom stereocenters. The van der Waals surface area contributed by atoms with Gasteiger partial charge in [-0.05, 0) is 30.8 Å². The average molecular weight is 135 g/mol. The fraction of sp³-hybridized carbons (Fsp3) is 0.667. The van der Waals surface area contributed by atoms with E-state index in [1.54, 1.807) is 0 Å². The van der Waals surface area contributed by atoms with E-state index in [-0.39, 0.29) is 0 Å². The molecular weight excluding hydrogens is 122 g/mol. The van der Waals surface area contributed by atoms with Crippen molar-refractivity contribution in [2.75, 3.05) is 0 Å². The molecule has 0 aromatic carbocycles. The Labute approximate surface area is 61.9 Å². The van der Waals surface area contributed by atoms with Gasteiger partial charge < -0.3 is 0 Å². The number of hydrogen-bond donors (Lipinski definition) is 0. The molecule has 1 nitrogen and oxygen atoms in total. The Balaban J connectivity index is 2.19. The number of fused-ring (bicyclic) bond motifs is 1. The number of hydrogen-bond acceptors (Lipinski definition) is 1. The van der Waals surface area contributed by atoms with Crippen molar-refractivity contribution in [3.63, 3.8) is 0 Å². The summed E-state index contributed by atoms with van der Waals surface area (Å²) in [6, 6.07) is 0.616. The van der Waals surface area contributed by atoms with Crippen molar-refractivity contribution in [3.05, 3.63) is 12.2 Å². The minimum atomic E-state index is 0.616. The number of dihydropyridines is 1. The van der Waals surface area contributed by atoms with Crippen LogP contribution in [-0.4, -0.2) is 12.3 Å². The molecule has 0 amide bonds. The molecule has 0 aromatic heterocycles. The monoisotopic (exact) mass is 135 g/mol. The van der Waals surface area contributed by atoms with Gasteiger partial charge in [-0.2, -0.15) is 0 Å². The lowest BCUT2D eigenvalue weighted by molar-refractivity contribution is 0.485. The number of aliphatic imine (C=N–C) groups is 1. The highest BCUT2D eigenvalue weighted by molar-refractivity contribution is 5.72. The van der Waals surface area contributed by atoms with Crippen molar-refractivity contribution >= 4 is 6.21 Å². The lowest BCUT2D eigenvalue weighted by Crippen LogP contribution is -2.17. The fourth-order valence-corrected chi connectivity index (χ4v) is 2.03. The van der Waals surface area contributed by atoms with Gasteiger partial charge in [0.05, 0.1) is 6.04 Å². The van der Waals surface area contributed by atoms with Gasteiger partial charge in [-0.1, -0.05) is 13.0 Å². The summed E-state index contributed by atoms with van der Waals surface area (Å²) in [5.74, 6) is 1.58. The standard InChI is InChI=1S/C9H13N/c1-7-4-5-8-3-2-6-10-9(7)8/h2-3,6-9H,4-5H2,1H3. The molecule has 1 saturated carbocycles. The Morgan fingerprint density at radius 3 is 3.10 bits per heavy atom. The van der Waals surface area contributed by atoms with Crippen molar-refractivity contribution in [1.82, 2.24) is 0 Å². The van der Waals surface area contributed by atoms with Gasteiger partial charge in [0.2, 0.25) is 0 Å². The average Bonchev–Trinajstić information content (AvgIpc) is 2.34. The lowest BCUT2D eigenvalue weighted by Gasteiger charge is -2.17. The summed E-state index contributed by atoms with van der Waals surface area (Å²) < 4.78 is 0. The molecule has 0 spiro atoms. The van der Waals surface area contributed by atoms with Gasteiger partial charge >= 0.3 is 0 Å². The van der Waals surface area contributed by atoms with Crippen LogP contribution in [0.1, 0.15) is 19.8 Å². The predicted molar refractivity (Wildman–Crippen MR) is 43.3 cm³/mol. The predicted octanol–water partition coefficient (Wildman–Crippen LogP) is 2.04.